The van der Waals surface area contributed by atoms with Crippen LogP contribution in [0.25, 0.3) is 0 Å². The molecule has 2 rings (SSSR count). The van der Waals surface area contributed by atoms with E-state index in [1.165, 1.54) is 6.92 Å². The molecule has 1 saturated carbocycles. The monoisotopic (exact) mass is 383 g/mol. The fourth-order valence-corrected chi connectivity index (χ4v) is 3.68. The number of hydrogen-bond acceptors (Lipinski definition) is 4. The van der Waals surface area contributed by atoms with Crippen molar-refractivity contribution in [2.75, 3.05) is 6.61 Å². The van der Waals surface area contributed by atoms with Gasteiger partial charge in [-0.05, 0) is 18.9 Å². The van der Waals surface area contributed by atoms with Crippen LogP contribution in [-0.2, 0) is 14.3 Å². The van der Waals surface area contributed by atoms with E-state index in [0.717, 1.165) is 5.56 Å². The number of amides is 1. The predicted octanol–water partition coefficient (Wildman–Crippen LogP) is 2.19. The molecule has 1 aliphatic carbocycles. The van der Waals surface area contributed by atoms with Gasteiger partial charge in [0.2, 0.25) is 5.91 Å². The zero-order chi connectivity index (χ0) is 17.0. The molecule has 0 spiro atoms. The molecule has 5 nitrogen and oxygen atoms in total. The summed E-state index contributed by atoms with van der Waals surface area (Å²) in [6.45, 7) is 3.38. The maximum Gasteiger partial charge on any atom is 0.302 e. The van der Waals surface area contributed by atoms with Gasteiger partial charge in [0.15, 0.2) is 0 Å². The minimum Gasteiger partial charge on any atom is -0.466 e. The first-order valence-corrected chi connectivity index (χ1v) is 8.62. The molecule has 1 amide bonds. The van der Waals surface area contributed by atoms with Gasteiger partial charge in [-0.15, -0.1) is 0 Å². The minimum absolute atomic E-state index is 0.121. The third-order valence-electron chi connectivity index (χ3n) is 4.26. The summed E-state index contributed by atoms with van der Waals surface area (Å²) in [6.07, 6.45) is -0.270. The molecule has 0 aliphatic heterocycles. The second kappa shape index (κ2) is 7.93. The Hall–Kier alpha value is -1.40. The lowest BCUT2D eigenvalue weighted by Gasteiger charge is -2.23. The van der Waals surface area contributed by atoms with Gasteiger partial charge in [-0.3, -0.25) is 9.59 Å². The average Bonchev–Trinajstić information content (AvgIpc) is 2.81. The van der Waals surface area contributed by atoms with Gasteiger partial charge in [0.1, 0.15) is 0 Å². The maximum atomic E-state index is 12.6. The Kier molecular flexibility index (Phi) is 6.18. The summed E-state index contributed by atoms with van der Waals surface area (Å²) >= 11 is 3.42. The van der Waals surface area contributed by atoms with E-state index in [4.69, 9.17) is 4.74 Å². The Morgan fingerprint density at radius 3 is 2.65 bits per heavy atom. The highest BCUT2D eigenvalue weighted by Crippen LogP contribution is 2.38. The Labute approximate surface area is 144 Å². The largest absolute Gasteiger partial charge is 0.466 e. The van der Waals surface area contributed by atoms with Gasteiger partial charge >= 0.3 is 5.97 Å². The molecule has 23 heavy (non-hydrogen) atoms. The quantitative estimate of drug-likeness (QED) is 0.603. The number of esters is 1. The second-order valence-corrected chi connectivity index (χ2v) is 7.02. The third kappa shape index (κ3) is 4.54. The van der Waals surface area contributed by atoms with Crippen LogP contribution in [0.3, 0.4) is 0 Å². The number of alkyl halides is 1. The van der Waals surface area contributed by atoms with Gasteiger partial charge in [0, 0.05) is 23.6 Å². The Morgan fingerprint density at radius 1 is 1.39 bits per heavy atom. The number of rotatable bonds is 5. The average molecular weight is 384 g/mol. The highest BCUT2D eigenvalue weighted by atomic mass is 79.9. The SMILES string of the molecule is CC(=O)OC[C@H]1[C@H](Br)[C@@H](O)C[C@H]1C(=O)N[C@H](C)c1ccccc1. The van der Waals surface area contributed by atoms with E-state index in [1.807, 2.05) is 37.3 Å². The van der Waals surface area contributed by atoms with Crippen LogP contribution in [0.5, 0.6) is 0 Å². The van der Waals surface area contributed by atoms with Gasteiger partial charge in [-0.25, -0.2) is 0 Å². The van der Waals surface area contributed by atoms with Crippen molar-refractivity contribution in [3.8, 4) is 0 Å². The summed E-state index contributed by atoms with van der Waals surface area (Å²) in [5, 5.41) is 13.0. The molecule has 0 aromatic heterocycles. The van der Waals surface area contributed by atoms with Gasteiger partial charge in [-0.2, -0.15) is 0 Å². The van der Waals surface area contributed by atoms with E-state index in [1.54, 1.807) is 0 Å². The third-order valence-corrected chi connectivity index (χ3v) is 5.55. The standard InChI is InChI=1S/C17H22BrNO4/c1-10(12-6-4-3-5-7-12)19-17(22)13-8-15(21)16(18)14(13)9-23-11(2)20/h3-7,10,13-16,21H,8-9H2,1-2H3,(H,19,22)/t10-,13-,14-,15+,16+/m1/s1. The topological polar surface area (TPSA) is 75.6 Å². The van der Waals surface area contributed by atoms with Crippen LogP contribution in [-0.4, -0.2) is 34.5 Å². The van der Waals surface area contributed by atoms with Crippen molar-refractivity contribution in [1.29, 1.82) is 0 Å². The fraction of sp³-hybridized carbons (Fsp3) is 0.529. The molecule has 0 unspecified atom stereocenters. The Balaban J connectivity index is 2.02. The van der Waals surface area contributed by atoms with Gasteiger partial charge < -0.3 is 15.2 Å². The van der Waals surface area contributed by atoms with Crippen molar-refractivity contribution >= 4 is 27.8 Å². The van der Waals surface area contributed by atoms with Crippen molar-refractivity contribution in [3.05, 3.63) is 35.9 Å². The van der Waals surface area contributed by atoms with Crippen LogP contribution in [0.1, 0.15) is 31.9 Å². The van der Waals surface area contributed by atoms with E-state index in [9.17, 15) is 14.7 Å². The number of benzene rings is 1. The van der Waals surface area contributed by atoms with Crippen molar-refractivity contribution in [1.82, 2.24) is 5.32 Å². The molecule has 0 heterocycles. The van der Waals surface area contributed by atoms with Crippen molar-refractivity contribution in [2.24, 2.45) is 11.8 Å². The summed E-state index contributed by atoms with van der Waals surface area (Å²) in [5.41, 5.74) is 1.02. The normalized spacial score (nSPS) is 28.2. The zero-order valence-corrected chi connectivity index (χ0v) is 14.8. The molecule has 5 atom stereocenters. The van der Waals surface area contributed by atoms with Gasteiger partial charge in [0.05, 0.1) is 18.8 Å². The summed E-state index contributed by atoms with van der Waals surface area (Å²) in [4.78, 5) is 23.4. The van der Waals surface area contributed by atoms with E-state index in [0.29, 0.717) is 6.42 Å². The molecule has 1 aliphatic rings. The lowest BCUT2D eigenvalue weighted by molar-refractivity contribution is -0.144. The smallest absolute Gasteiger partial charge is 0.302 e. The number of halogens is 1. The molecule has 0 saturated heterocycles. The summed E-state index contributed by atoms with van der Waals surface area (Å²) in [7, 11) is 0. The number of hydrogen-bond donors (Lipinski definition) is 2. The van der Waals surface area contributed by atoms with Crippen molar-refractivity contribution in [2.45, 2.75) is 37.2 Å². The Bertz CT molecular complexity index is 551. The summed E-state index contributed by atoms with van der Waals surface area (Å²) in [5.74, 6) is -1.14. The molecule has 1 aromatic carbocycles. The molecule has 6 heteroatoms. The zero-order valence-electron chi connectivity index (χ0n) is 13.2. The van der Waals surface area contributed by atoms with Gasteiger partial charge in [-0.1, -0.05) is 46.3 Å². The van der Waals surface area contributed by atoms with Crippen LogP contribution in [0.4, 0.5) is 0 Å². The molecule has 0 radical (unpaired) electrons. The number of carbonyl (C=O) groups is 2. The van der Waals surface area contributed by atoms with Crippen LogP contribution in [0.2, 0.25) is 0 Å². The Morgan fingerprint density at radius 2 is 2.04 bits per heavy atom. The molecular formula is C17H22BrNO4. The first-order valence-electron chi connectivity index (χ1n) is 7.71. The lowest BCUT2D eigenvalue weighted by Crippen LogP contribution is -2.37. The van der Waals surface area contributed by atoms with Crippen LogP contribution in [0.15, 0.2) is 30.3 Å². The maximum absolute atomic E-state index is 12.6. The summed E-state index contributed by atoms with van der Waals surface area (Å²) in [6, 6.07) is 9.57. The van der Waals surface area contributed by atoms with Crippen LogP contribution >= 0.6 is 15.9 Å². The molecule has 2 N–H and O–H groups in total. The van der Waals surface area contributed by atoms with E-state index in [-0.39, 0.29) is 41.2 Å². The predicted molar refractivity (Wildman–Crippen MR) is 90.0 cm³/mol. The van der Waals surface area contributed by atoms with Crippen LogP contribution < -0.4 is 5.32 Å². The number of aliphatic hydroxyl groups is 1. The number of carbonyl (C=O) groups excluding carboxylic acids is 2. The first kappa shape index (κ1) is 17.9. The second-order valence-electron chi connectivity index (χ2n) is 5.96. The number of nitrogens with one attached hydrogen (secondary N) is 1. The molecule has 126 valence electrons. The molecule has 1 aromatic rings. The van der Waals surface area contributed by atoms with E-state index >= 15 is 0 Å². The number of aliphatic hydroxyl groups excluding tert-OH is 1. The van der Waals surface area contributed by atoms with Crippen molar-refractivity contribution < 1.29 is 19.4 Å². The highest BCUT2D eigenvalue weighted by molar-refractivity contribution is 9.09. The molecule has 0 bridgehead atoms. The molecular weight excluding hydrogens is 362 g/mol. The highest BCUT2D eigenvalue weighted by Gasteiger charge is 2.45. The first-order chi connectivity index (χ1) is 10.9. The number of ether oxygens (including phenoxy) is 1. The van der Waals surface area contributed by atoms with E-state index < -0.39 is 6.10 Å². The summed E-state index contributed by atoms with van der Waals surface area (Å²) < 4.78 is 5.05. The molecule has 1 fully saturated rings. The van der Waals surface area contributed by atoms with Crippen molar-refractivity contribution in [3.63, 3.8) is 0 Å². The van der Waals surface area contributed by atoms with Crippen LogP contribution in [0, 0.1) is 11.8 Å². The van der Waals surface area contributed by atoms with Gasteiger partial charge in [0.25, 0.3) is 0 Å². The lowest BCUT2D eigenvalue weighted by atomic mass is 9.95. The minimum atomic E-state index is -0.627. The fourth-order valence-electron chi connectivity index (χ4n) is 2.94. The van der Waals surface area contributed by atoms with E-state index in [2.05, 4.69) is 21.2 Å².